The first kappa shape index (κ1) is 8.21. The van der Waals surface area contributed by atoms with Gasteiger partial charge in [0.25, 0.3) is 0 Å². The summed E-state index contributed by atoms with van der Waals surface area (Å²) in [6, 6.07) is 10.3. The van der Waals surface area contributed by atoms with E-state index in [0.717, 1.165) is 0 Å². The Balaban J connectivity index is 0.000000281. The van der Waals surface area contributed by atoms with E-state index in [0.29, 0.717) is 0 Å². The van der Waals surface area contributed by atoms with E-state index in [1.807, 2.05) is 18.3 Å². The topological polar surface area (TPSA) is 15.8 Å². The van der Waals surface area contributed by atoms with Crippen molar-refractivity contribution in [1.82, 2.24) is 4.98 Å². The highest BCUT2D eigenvalue weighted by atomic mass is 32.1. The minimum absolute atomic E-state index is 1.21. The summed E-state index contributed by atoms with van der Waals surface area (Å²) in [7, 11) is 0. The summed E-state index contributed by atoms with van der Waals surface area (Å²) in [5.74, 6) is 0. The molecule has 0 saturated carbocycles. The van der Waals surface area contributed by atoms with Crippen molar-refractivity contribution in [3.05, 3.63) is 36.5 Å². The Morgan fingerprint density at radius 3 is 2.55 bits per heavy atom. The Hall–Kier alpha value is -0.890. The van der Waals surface area contributed by atoms with Gasteiger partial charge in [-0.1, -0.05) is 18.2 Å². The number of rotatable bonds is 0. The van der Waals surface area contributed by atoms with E-state index in [4.69, 9.17) is 0 Å². The lowest BCUT2D eigenvalue weighted by molar-refractivity contribution is 1.48. The van der Waals surface area contributed by atoms with E-state index < -0.39 is 0 Å². The van der Waals surface area contributed by atoms with Crippen molar-refractivity contribution in [3.63, 3.8) is 0 Å². The number of H-pyrrole nitrogens is 1. The lowest BCUT2D eigenvalue weighted by Gasteiger charge is -1.83. The van der Waals surface area contributed by atoms with Gasteiger partial charge >= 0.3 is 0 Å². The zero-order valence-corrected chi connectivity index (χ0v) is 7.31. The van der Waals surface area contributed by atoms with Crippen LogP contribution in [-0.2, 0) is 0 Å². The van der Waals surface area contributed by atoms with Gasteiger partial charge < -0.3 is 4.98 Å². The predicted octanol–water partition coefficient (Wildman–Crippen LogP) is 2.71. The molecular weight excluding hydrogens is 154 g/mol. The Kier molecular flexibility index (Phi) is 3.05. The van der Waals surface area contributed by atoms with Crippen LogP contribution in [0.3, 0.4) is 0 Å². The quantitative estimate of drug-likeness (QED) is 0.558. The predicted molar refractivity (Wildman–Crippen MR) is 53.2 cm³/mol. The summed E-state index contributed by atoms with van der Waals surface area (Å²) < 4.78 is 0. The molecule has 0 bridgehead atoms. The number of aromatic nitrogens is 1. The molecule has 0 aliphatic rings. The van der Waals surface area contributed by atoms with Gasteiger partial charge in [0.2, 0.25) is 0 Å². The molecular formula is C9H11NS. The summed E-state index contributed by atoms with van der Waals surface area (Å²) in [6.07, 6.45) is 3.64. The monoisotopic (exact) mass is 165 g/mol. The number of hydrogen-bond acceptors (Lipinski definition) is 1. The minimum atomic E-state index is 1.21. The van der Waals surface area contributed by atoms with Crippen LogP contribution in [-0.4, -0.2) is 11.2 Å². The number of benzene rings is 1. The molecule has 0 radical (unpaired) electrons. The van der Waals surface area contributed by atoms with Crippen molar-refractivity contribution in [2.75, 3.05) is 6.26 Å². The van der Waals surface area contributed by atoms with E-state index in [2.05, 4.69) is 35.8 Å². The van der Waals surface area contributed by atoms with E-state index in [1.165, 1.54) is 10.9 Å². The molecule has 0 aliphatic heterocycles. The van der Waals surface area contributed by atoms with Crippen LogP contribution in [0.25, 0.3) is 10.9 Å². The van der Waals surface area contributed by atoms with Crippen LogP contribution < -0.4 is 0 Å². The number of nitrogens with one attached hydrogen (secondary N) is 1. The molecule has 1 aromatic heterocycles. The third-order valence-electron chi connectivity index (χ3n) is 1.46. The van der Waals surface area contributed by atoms with Crippen LogP contribution in [0.2, 0.25) is 0 Å². The average Bonchev–Trinajstić information content (AvgIpc) is 2.55. The summed E-state index contributed by atoms with van der Waals surface area (Å²) in [5.41, 5.74) is 1.21. The number of para-hydroxylation sites is 1. The molecule has 58 valence electrons. The Bertz CT molecular complexity index is 284. The zero-order valence-electron chi connectivity index (χ0n) is 6.41. The number of hydrogen-bond donors (Lipinski definition) is 2. The molecule has 1 nitrogen and oxygen atoms in total. The van der Waals surface area contributed by atoms with Crippen molar-refractivity contribution in [3.8, 4) is 0 Å². The molecule has 1 aromatic carbocycles. The van der Waals surface area contributed by atoms with Crippen molar-refractivity contribution < 1.29 is 0 Å². The smallest absolute Gasteiger partial charge is 0.0453 e. The van der Waals surface area contributed by atoms with Crippen LogP contribution in [0.4, 0.5) is 0 Å². The van der Waals surface area contributed by atoms with Crippen LogP contribution in [0.5, 0.6) is 0 Å². The van der Waals surface area contributed by atoms with Crippen LogP contribution in [0.1, 0.15) is 0 Å². The first-order valence-corrected chi connectivity index (χ1v) is 4.33. The van der Waals surface area contributed by atoms with Gasteiger partial charge in [-0.2, -0.15) is 12.6 Å². The van der Waals surface area contributed by atoms with Gasteiger partial charge in [-0.15, -0.1) is 0 Å². The highest BCUT2D eigenvalue weighted by molar-refractivity contribution is 7.79. The van der Waals surface area contributed by atoms with Crippen molar-refractivity contribution in [1.29, 1.82) is 0 Å². The fraction of sp³-hybridized carbons (Fsp3) is 0.111. The molecule has 1 heterocycles. The second-order valence-corrected chi connectivity index (χ2v) is 2.06. The molecule has 0 atom stereocenters. The van der Waals surface area contributed by atoms with Gasteiger partial charge in [0.1, 0.15) is 0 Å². The normalized spacial score (nSPS) is 8.91. The minimum Gasteiger partial charge on any atom is -0.361 e. The second kappa shape index (κ2) is 4.09. The first-order chi connectivity index (χ1) is 5.47. The molecule has 11 heavy (non-hydrogen) atoms. The van der Waals surface area contributed by atoms with Gasteiger partial charge in [0.05, 0.1) is 0 Å². The summed E-state index contributed by atoms with van der Waals surface area (Å²) in [4.78, 5) is 3.12. The molecule has 0 saturated heterocycles. The van der Waals surface area contributed by atoms with Gasteiger partial charge in [-0.25, -0.2) is 0 Å². The van der Waals surface area contributed by atoms with E-state index in [-0.39, 0.29) is 0 Å². The SMILES string of the molecule is CS.c1ccc2[nH]ccc2c1. The van der Waals surface area contributed by atoms with Gasteiger partial charge in [-0.3, -0.25) is 0 Å². The van der Waals surface area contributed by atoms with Crippen molar-refractivity contribution in [2.24, 2.45) is 0 Å². The fourth-order valence-electron chi connectivity index (χ4n) is 0.995. The maximum Gasteiger partial charge on any atom is 0.0453 e. The molecule has 2 heteroatoms. The molecule has 2 rings (SSSR count). The zero-order chi connectivity index (χ0) is 8.10. The molecule has 0 fully saturated rings. The molecule has 0 aliphatic carbocycles. The van der Waals surface area contributed by atoms with Crippen LogP contribution in [0, 0.1) is 0 Å². The van der Waals surface area contributed by atoms with Crippen LogP contribution >= 0.6 is 12.6 Å². The van der Waals surface area contributed by atoms with Gasteiger partial charge in [0.15, 0.2) is 0 Å². The third kappa shape index (κ3) is 1.77. The third-order valence-corrected chi connectivity index (χ3v) is 1.46. The molecule has 0 unspecified atom stereocenters. The Morgan fingerprint density at radius 1 is 1.09 bits per heavy atom. The fourth-order valence-corrected chi connectivity index (χ4v) is 0.995. The lowest BCUT2D eigenvalue weighted by atomic mass is 10.3. The molecule has 0 spiro atoms. The average molecular weight is 165 g/mol. The molecule has 0 amide bonds. The second-order valence-electron chi connectivity index (χ2n) is 2.06. The number of aromatic amines is 1. The van der Waals surface area contributed by atoms with Gasteiger partial charge in [-0.05, 0) is 23.8 Å². The van der Waals surface area contributed by atoms with Crippen molar-refractivity contribution >= 4 is 23.5 Å². The lowest BCUT2D eigenvalue weighted by Crippen LogP contribution is -1.61. The number of thiol groups is 1. The largest absolute Gasteiger partial charge is 0.361 e. The van der Waals surface area contributed by atoms with E-state index in [1.54, 1.807) is 6.26 Å². The maximum atomic E-state index is 3.53. The Labute approximate surface area is 71.8 Å². The molecule has 2 aromatic rings. The highest BCUT2D eigenvalue weighted by Gasteiger charge is 1.86. The summed E-state index contributed by atoms with van der Waals surface area (Å²) >= 11 is 3.53. The maximum absolute atomic E-state index is 3.53. The van der Waals surface area contributed by atoms with Crippen LogP contribution in [0.15, 0.2) is 36.5 Å². The standard InChI is InChI=1S/C8H7N.CH4S/c1-2-4-8-7(3-1)5-6-9-8;1-2/h1-6,9H;2H,1H3. The van der Waals surface area contributed by atoms with Gasteiger partial charge in [0, 0.05) is 11.7 Å². The Morgan fingerprint density at radius 2 is 1.82 bits per heavy atom. The highest BCUT2D eigenvalue weighted by Crippen LogP contribution is 2.09. The van der Waals surface area contributed by atoms with E-state index in [9.17, 15) is 0 Å². The van der Waals surface area contributed by atoms with E-state index >= 15 is 0 Å². The molecule has 1 N–H and O–H groups in total. The summed E-state index contributed by atoms with van der Waals surface area (Å²) in [5, 5.41) is 1.28. The summed E-state index contributed by atoms with van der Waals surface area (Å²) in [6.45, 7) is 0. The number of fused-ring (bicyclic) bond motifs is 1. The first-order valence-electron chi connectivity index (χ1n) is 3.44. The van der Waals surface area contributed by atoms with Crippen molar-refractivity contribution in [2.45, 2.75) is 0 Å².